The van der Waals surface area contributed by atoms with Crippen LogP contribution in [0.1, 0.15) is 36.2 Å². The van der Waals surface area contributed by atoms with E-state index in [4.69, 9.17) is 5.73 Å². The van der Waals surface area contributed by atoms with Crippen LogP contribution in [0.4, 0.5) is 0 Å². The first kappa shape index (κ1) is 13.7. The Morgan fingerprint density at radius 2 is 2.12 bits per heavy atom. The molecule has 0 saturated heterocycles. The summed E-state index contributed by atoms with van der Waals surface area (Å²) in [6, 6.07) is 7.59. The first-order valence-electron chi connectivity index (χ1n) is 6.09. The number of benzene rings is 1. The third-order valence-corrected chi connectivity index (χ3v) is 2.58. The normalized spacial score (nSPS) is 12.5. The number of amides is 1. The van der Waals surface area contributed by atoms with Crippen LogP contribution in [0.5, 0.6) is 0 Å². The summed E-state index contributed by atoms with van der Waals surface area (Å²) >= 11 is 0. The number of hydrogen-bond donors (Lipinski definition) is 2. The van der Waals surface area contributed by atoms with Gasteiger partial charge in [-0.3, -0.25) is 4.79 Å². The van der Waals surface area contributed by atoms with Crippen molar-refractivity contribution < 1.29 is 4.79 Å². The lowest BCUT2D eigenvalue weighted by Gasteiger charge is -2.14. The second kappa shape index (κ2) is 6.40. The number of hydrogen-bond acceptors (Lipinski definition) is 2. The zero-order valence-electron chi connectivity index (χ0n) is 10.9. The van der Waals surface area contributed by atoms with Crippen LogP contribution in [-0.4, -0.2) is 18.5 Å². The molecule has 0 fully saturated rings. The molecule has 1 amide bonds. The van der Waals surface area contributed by atoms with Crippen LogP contribution in [0, 0.1) is 12.8 Å². The van der Waals surface area contributed by atoms with Gasteiger partial charge < -0.3 is 11.1 Å². The molecule has 3 heteroatoms. The summed E-state index contributed by atoms with van der Waals surface area (Å²) in [5.41, 5.74) is 7.70. The van der Waals surface area contributed by atoms with Crippen LogP contribution in [0.15, 0.2) is 24.3 Å². The minimum Gasteiger partial charge on any atom is -0.350 e. The molecule has 1 rings (SSSR count). The molecule has 0 heterocycles. The van der Waals surface area contributed by atoms with Crippen molar-refractivity contribution in [3.05, 3.63) is 35.4 Å². The standard InChI is InChI=1S/C14H22N2O/c1-10(2)7-13(15)9-16-14(17)12-6-4-5-11(3)8-12/h4-6,8,10,13H,7,9,15H2,1-3H3,(H,16,17). The van der Waals surface area contributed by atoms with Crippen molar-refractivity contribution in [1.82, 2.24) is 5.32 Å². The van der Waals surface area contributed by atoms with E-state index in [2.05, 4.69) is 19.2 Å². The van der Waals surface area contributed by atoms with Gasteiger partial charge in [-0.1, -0.05) is 31.5 Å². The lowest BCUT2D eigenvalue weighted by Crippen LogP contribution is -2.38. The Bertz CT molecular complexity index is 374. The van der Waals surface area contributed by atoms with Crippen LogP contribution in [-0.2, 0) is 0 Å². The Balaban J connectivity index is 2.45. The molecule has 3 nitrogen and oxygen atoms in total. The van der Waals surface area contributed by atoms with E-state index in [0.29, 0.717) is 18.0 Å². The maximum atomic E-state index is 11.8. The molecular weight excluding hydrogens is 212 g/mol. The van der Waals surface area contributed by atoms with Crippen LogP contribution < -0.4 is 11.1 Å². The van der Waals surface area contributed by atoms with E-state index in [1.807, 2.05) is 31.2 Å². The maximum absolute atomic E-state index is 11.8. The molecule has 3 N–H and O–H groups in total. The van der Waals surface area contributed by atoms with Crippen LogP contribution in [0.2, 0.25) is 0 Å². The minimum absolute atomic E-state index is 0.0313. The number of carbonyl (C=O) groups is 1. The predicted molar refractivity (Wildman–Crippen MR) is 70.9 cm³/mol. The lowest BCUT2D eigenvalue weighted by molar-refractivity contribution is 0.0950. The third kappa shape index (κ3) is 5.00. The summed E-state index contributed by atoms with van der Waals surface area (Å²) in [5, 5.41) is 2.87. The highest BCUT2D eigenvalue weighted by Gasteiger charge is 2.09. The molecular formula is C14H22N2O. The van der Waals surface area contributed by atoms with Crippen molar-refractivity contribution in [1.29, 1.82) is 0 Å². The fourth-order valence-corrected chi connectivity index (χ4v) is 1.80. The fraction of sp³-hybridized carbons (Fsp3) is 0.500. The van der Waals surface area contributed by atoms with Gasteiger partial charge in [0.15, 0.2) is 0 Å². The summed E-state index contributed by atoms with van der Waals surface area (Å²) in [4.78, 5) is 11.8. The highest BCUT2D eigenvalue weighted by Crippen LogP contribution is 2.04. The quantitative estimate of drug-likeness (QED) is 0.819. The van der Waals surface area contributed by atoms with Gasteiger partial charge >= 0.3 is 0 Å². The fourth-order valence-electron chi connectivity index (χ4n) is 1.80. The lowest BCUT2D eigenvalue weighted by atomic mass is 10.0. The number of aryl methyl sites for hydroxylation is 1. The maximum Gasteiger partial charge on any atom is 0.251 e. The highest BCUT2D eigenvalue weighted by atomic mass is 16.1. The molecule has 0 radical (unpaired) electrons. The van der Waals surface area contributed by atoms with Crippen molar-refractivity contribution in [2.24, 2.45) is 11.7 Å². The number of rotatable bonds is 5. The topological polar surface area (TPSA) is 55.1 Å². The van der Waals surface area contributed by atoms with Crippen molar-refractivity contribution in [3.63, 3.8) is 0 Å². The molecule has 0 aliphatic rings. The second-order valence-corrected chi connectivity index (χ2v) is 4.97. The molecule has 0 aliphatic heterocycles. The molecule has 17 heavy (non-hydrogen) atoms. The smallest absolute Gasteiger partial charge is 0.251 e. The molecule has 1 aromatic rings. The molecule has 1 atom stereocenters. The molecule has 0 aromatic heterocycles. The number of nitrogens with one attached hydrogen (secondary N) is 1. The first-order chi connectivity index (χ1) is 7.99. The minimum atomic E-state index is -0.0482. The summed E-state index contributed by atoms with van der Waals surface area (Å²) < 4.78 is 0. The molecule has 0 bridgehead atoms. The summed E-state index contributed by atoms with van der Waals surface area (Å²) in [5.74, 6) is 0.508. The Morgan fingerprint density at radius 3 is 2.71 bits per heavy atom. The Labute approximate surface area is 103 Å². The number of carbonyl (C=O) groups excluding carboxylic acids is 1. The highest BCUT2D eigenvalue weighted by molar-refractivity contribution is 5.94. The van der Waals surface area contributed by atoms with Gasteiger partial charge in [-0.25, -0.2) is 0 Å². The predicted octanol–water partition coefficient (Wildman–Crippen LogP) is 2.10. The Kier molecular flexibility index (Phi) is 5.16. The Morgan fingerprint density at radius 1 is 1.41 bits per heavy atom. The van der Waals surface area contributed by atoms with Gasteiger partial charge in [-0.2, -0.15) is 0 Å². The largest absolute Gasteiger partial charge is 0.350 e. The van der Waals surface area contributed by atoms with Crippen LogP contribution in [0.25, 0.3) is 0 Å². The van der Waals surface area contributed by atoms with E-state index < -0.39 is 0 Å². The molecule has 0 aliphatic carbocycles. The second-order valence-electron chi connectivity index (χ2n) is 4.97. The summed E-state index contributed by atoms with van der Waals surface area (Å²) in [6.45, 7) is 6.76. The molecule has 1 aromatic carbocycles. The van der Waals surface area contributed by atoms with Gasteiger partial charge in [0.2, 0.25) is 0 Å². The van der Waals surface area contributed by atoms with E-state index in [-0.39, 0.29) is 11.9 Å². The van der Waals surface area contributed by atoms with Crippen LogP contribution >= 0.6 is 0 Å². The van der Waals surface area contributed by atoms with Crippen LogP contribution in [0.3, 0.4) is 0 Å². The van der Waals surface area contributed by atoms with Gasteiger partial charge in [0.05, 0.1) is 0 Å². The van der Waals surface area contributed by atoms with Crippen molar-refractivity contribution in [2.45, 2.75) is 33.2 Å². The number of nitrogens with two attached hydrogens (primary N) is 1. The SMILES string of the molecule is Cc1cccc(C(=O)NCC(N)CC(C)C)c1. The first-order valence-corrected chi connectivity index (χ1v) is 6.09. The zero-order chi connectivity index (χ0) is 12.8. The average Bonchev–Trinajstić information content (AvgIpc) is 2.25. The van der Waals surface area contributed by atoms with Gasteiger partial charge in [0, 0.05) is 18.2 Å². The molecule has 1 unspecified atom stereocenters. The van der Waals surface area contributed by atoms with Gasteiger partial charge in [0.25, 0.3) is 5.91 Å². The van der Waals surface area contributed by atoms with Gasteiger partial charge in [0.1, 0.15) is 0 Å². The van der Waals surface area contributed by atoms with Crippen molar-refractivity contribution in [2.75, 3.05) is 6.54 Å². The van der Waals surface area contributed by atoms with Gasteiger partial charge in [-0.15, -0.1) is 0 Å². The third-order valence-electron chi connectivity index (χ3n) is 2.58. The molecule has 0 spiro atoms. The average molecular weight is 234 g/mol. The molecule has 94 valence electrons. The van der Waals surface area contributed by atoms with Gasteiger partial charge in [-0.05, 0) is 31.4 Å². The van der Waals surface area contributed by atoms with E-state index in [1.54, 1.807) is 0 Å². The summed E-state index contributed by atoms with van der Waals surface area (Å²) in [7, 11) is 0. The van der Waals surface area contributed by atoms with E-state index in [0.717, 1.165) is 12.0 Å². The van der Waals surface area contributed by atoms with Crippen molar-refractivity contribution >= 4 is 5.91 Å². The summed E-state index contributed by atoms with van der Waals surface area (Å²) in [6.07, 6.45) is 0.925. The van der Waals surface area contributed by atoms with E-state index in [1.165, 1.54) is 0 Å². The van der Waals surface area contributed by atoms with Crippen molar-refractivity contribution in [3.8, 4) is 0 Å². The molecule has 0 saturated carbocycles. The Hall–Kier alpha value is -1.35. The van der Waals surface area contributed by atoms with E-state index >= 15 is 0 Å². The monoisotopic (exact) mass is 234 g/mol. The zero-order valence-corrected chi connectivity index (χ0v) is 10.9. The van der Waals surface area contributed by atoms with E-state index in [9.17, 15) is 4.79 Å².